The Kier molecular flexibility index (Phi) is 6.15. The number of hydrogen-bond donors (Lipinski definition) is 1. The first kappa shape index (κ1) is 21.6. The van der Waals surface area contributed by atoms with E-state index >= 15 is 0 Å². The molecule has 8 nitrogen and oxygen atoms in total. The third kappa shape index (κ3) is 4.12. The van der Waals surface area contributed by atoms with Crippen molar-refractivity contribution in [2.45, 2.75) is 32.9 Å². The molecule has 1 N–H and O–H groups in total. The summed E-state index contributed by atoms with van der Waals surface area (Å²) in [5, 5.41) is 0.434. The number of aryl methyl sites for hydroxylation is 2. The number of aromatic nitrogens is 4. The third-order valence-electron chi connectivity index (χ3n) is 5.82. The summed E-state index contributed by atoms with van der Waals surface area (Å²) in [6, 6.07) is 4.73. The SMILES string of the molecule is CCCCn1c(N2CCN(Cc3c(F)cccc3Cl)CC2)nc2c1c(=O)[nH]c(=O)n2C. The predicted octanol–water partition coefficient (Wildman–Crippen LogP) is 2.34. The maximum absolute atomic E-state index is 14.1. The highest BCUT2D eigenvalue weighted by molar-refractivity contribution is 6.31. The summed E-state index contributed by atoms with van der Waals surface area (Å²) in [4.78, 5) is 35.9. The Morgan fingerprint density at radius 3 is 2.61 bits per heavy atom. The molecule has 0 spiro atoms. The van der Waals surface area contributed by atoms with Crippen LogP contribution in [0.5, 0.6) is 0 Å². The minimum Gasteiger partial charge on any atom is -0.340 e. The first-order chi connectivity index (χ1) is 14.9. The number of unbranched alkanes of at least 4 members (excludes halogenated alkanes) is 1. The quantitative estimate of drug-likeness (QED) is 0.626. The van der Waals surface area contributed by atoms with E-state index in [1.807, 2.05) is 4.57 Å². The van der Waals surface area contributed by atoms with Gasteiger partial charge in [-0.3, -0.25) is 19.2 Å². The number of halogens is 2. The van der Waals surface area contributed by atoms with Gasteiger partial charge in [0, 0.05) is 56.9 Å². The number of nitrogens with one attached hydrogen (secondary N) is 1. The molecule has 1 saturated heterocycles. The van der Waals surface area contributed by atoms with Crippen molar-refractivity contribution in [3.63, 3.8) is 0 Å². The Bertz CT molecular complexity index is 1190. The van der Waals surface area contributed by atoms with Gasteiger partial charge in [-0.05, 0) is 18.6 Å². The lowest BCUT2D eigenvalue weighted by Crippen LogP contribution is -2.47. The zero-order valence-corrected chi connectivity index (χ0v) is 18.5. The number of benzene rings is 1. The summed E-state index contributed by atoms with van der Waals surface area (Å²) >= 11 is 6.18. The van der Waals surface area contributed by atoms with Crippen molar-refractivity contribution in [3.8, 4) is 0 Å². The fourth-order valence-electron chi connectivity index (χ4n) is 4.01. The molecule has 1 aliphatic rings. The first-order valence-electron chi connectivity index (χ1n) is 10.5. The van der Waals surface area contributed by atoms with Crippen molar-refractivity contribution >= 4 is 28.7 Å². The van der Waals surface area contributed by atoms with Crippen LogP contribution in [0.2, 0.25) is 5.02 Å². The molecule has 1 aliphatic heterocycles. The number of anilines is 1. The predicted molar refractivity (Wildman–Crippen MR) is 119 cm³/mol. The van der Waals surface area contributed by atoms with Crippen molar-refractivity contribution < 1.29 is 4.39 Å². The van der Waals surface area contributed by atoms with Gasteiger partial charge < -0.3 is 9.47 Å². The van der Waals surface area contributed by atoms with Gasteiger partial charge >= 0.3 is 5.69 Å². The summed E-state index contributed by atoms with van der Waals surface area (Å²) in [6.07, 6.45) is 1.87. The molecule has 2 aromatic heterocycles. The highest BCUT2D eigenvalue weighted by Crippen LogP contribution is 2.24. The molecule has 3 aromatic rings. The van der Waals surface area contributed by atoms with E-state index in [0.717, 1.165) is 12.8 Å². The Morgan fingerprint density at radius 2 is 1.94 bits per heavy atom. The minimum absolute atomic E-state index is 0.295. The maximum atomic E-state index is 14.1. The molecular formula is C21H26ClFN6O2. The topological polar surface area (TPSA) is 79.2 Å². The molecule has 10 heteroatoms. The summed E-state index contributed by atoms with van der Waals surface area (Å²) in [6.45, 7) is 5.94. The molecule has 0 aliphatic carbocycles. The van der Waals surface area contributed by atoms with Gasteiger partial charge in [-0.1, -0.05) is 31.0 Å². The molecule has 3 heterocycles. The van der Waals surface area contributed by atoms with Gasteiger partial charge in [0.15, 0.2) is 11.2 Å². The Labute approximate surface area is 183 Å². The lowest BCUT2D eigenvalue weighted by molar-refractivity contribution is 0.245. The first-order valence-corrected chi connectivity index (χ1v) is 10.9. The van der Waals surface area contributed by atoms with Crippen molar-refractivity contribution in [1.29, 1.82) is 0 Å². The Balaban J connectivity index is 1.60. The minimum atomic E-state index is -0.476. The number of imidazole rings is 1. The van der Waals surface area contributed by atoms with E-state index in [1.54, 1.807) is 19.2 Å². The van der Waals surface area contributed by atoms with Crippen LogP contribution in [-0.2, 0) is 20.1 Å². The number of aromatic amines is 1. The van der Waals surface area contributed by atoms with E-state index in [4.69, 9.17) is 11.6 Å². The van der Waals surface area contributed by atoms with Gasteiger partial charge in [-0.2, -0.15) is 4.98 Å². The molecule has 31 heavy (non-hydrogen) atoms. The molecule has 166 valence electrons. The van der Waals surface area contributed by atoms with Crippen molar-refractivity contribution in [1.82, 2.24) is 24.0 Å². The molecule has 1 fully saturated rings. The highest BCUT2D eigenvalue weighted by atomic mass is 35.5. The van der Waals surface area contributed by atoms with E-state index in [2.05, 4.69) is 26.7 Å². The molecule has 4 rings (SSSR count). The lowest BCUT2D eigenvalue weighted by atomic mass is 10.2. The van der Waals surface area contributed by atoms with Crippen LogP contribution in [0.3, 0.4) is 0 Å². The smallest absolute Gasteiger partial charge is 0.329 e. The van der Waals surface area contributed by atoms with Crippen LogP contribution in [0, 0.1) is 5.82 Å². The molecule has 0 bridgehead atoms. The van der Waals surface area contributed by atoms with Crippen molar-refractivity contribution in [3.05, 3.63) is 55.4 Å². The van der Waals surface area contributed by atoms with E-state index in [-0.39, 0.29) is 5.82 Å². The van der Waals surface area contributed by atoms with Gasteiger partial charge in [0.05, 0.1) is 0 Å². The van der Waals surface area contributed by atoms with Crippen LogP contribution in [0.15, 0.2) is 27.8 Å². The number of fused-ring (bicyclic) bond motifs is 1. The lowest BCUT2D eigenvalue weighted by Gasteiger charge is -2.35. The standard InChI is InChI=1S/C21H26ClFN6O2/c1-3-4-8-29-17-18(26(2)21(31)25-19(17)30)24-20(29)28-11-9-27(10-12-28)13-14-15(22)6-5-7-16(14)23/h5-7H,3-4,8-13H2,1-2H3,(H,25,30,31). The van der Waals surface area contributed by atoms with Crippen LogP contribution in [0.25, 0.3) is 11.2 Å². The molecule has 0 saturated carbocycles. The monoisotopic (exact) mass is 448 g/mol. The van der Waals surface area contributed by atoms with Crippen molar-refractivity contribution in [2.24, 2.45) is 7.05 Å². The molecule has 0 radical (unpaired) electrons. The molecular weight excluding hydrogens is 423 g/mol. The number of rotatable bonds is 6. The van der Waals surface area contributed by atoms with E-state index in [1.165, 1.54) is 10.6 Å². The van der Waals surface area contributed by atoms with Gasteiger partial charge in [0.1, 0.15) is 5.82 Å². The van der Waals surface area contributed by atoms with E-state index in [9.17, 15) is 14.0 Å². The summed E-state index contributed by atoms with van der Waals surface area (Å²) in [7, 11) is 1.61. The molecule has 1 aromatic carbocycles. The normalized spacial score (nSPS) is 15.2. The van der Waals surface area contributed by atoms with Gasteiger partial charge in [0.2, 0.25) is 5.95 Å². The number of piperazine rings is 1. The number of nitrogens with zero attached hydrogens (tertiary/aromatic N) is 5. The van der Waals surface area contributed by atoms with Crippen LogP contribution >= 0.6 is 11.6 Å². The zero-order chi connectivity index (χ0) is 22.1. The van der Waals surface area contributed by atoms with Crippen LogP contribution in [-0.4, -0.2) is 50.2 Å². The second-order valence-electron chi connectivity index (χ2n) is 7.87. The molecule has 0 amide bonds. The van der Waals surface area contributed by atoms with E-state index < -0.39 is 11.2 Å². The maximum Gasteiger partial charge on any atom is 0.329 e. The van der Waals surface area contributed by atoms with Gasteiger partial charge in [-0.15, -0.1) is 0 Å². The van der Waals surface area contributed by atoms with Gasteiger partial charge in [-0.25, -0.2) is 9.18 Å². The van der Waals surface area contributed by atoms with Gasteiger partial charge in [0.25, 0.3) is 5.56 Å². The fraction of sp³-hybridized carbons (Fsp3) is 0.476. The summed E-state index contributed by atoms with van der Waals surface area (Å²) in [5.41, 5.74) is 0.428. The van der Waals surface area contributed by atoms with Crippen LogP contribution < -0.4 is 16.1 Å². The van der Waals surface area contributed by atoms with E-state index in [0.29, 0.717) is 67.0 Å². The number of H-pyrrole nitrogens is 1. The molecule has 0 atom stereocenters. The summed E-state index contributed by atoms with van der Waals surface area (Å²) < 4.78 is 17.4. The van der Waals surface area contributed by atoms with Crippen LogP contribution in [0.1, 0.15) is 25.3 Å². The highest BCUT2D eigenvalue weighted by Gasteiger charge is 2.25. The zero-order valence-electron chi connectivity index (χ0n) is 17.7. The second kappa shape index (κ2) is 8.84. The fourth-order valence-corrected chi connectivity index (χ4v) is 4.23. The largest absolute Gasteiger partial charge is 0.340 e. The Hall–Kier alpha value is -2.65. The Morgan fingerprint density at radius 1 is 1.19 bits per heavy atom. The third-order valence-corrected chi connectivity index (χ3v) is 6.17. The molecule has 0 unspecified atom stereocenters. The average molecular weight is 449 g/mol. The summed E-state index contributed by atoms with van der Waals surface area (Å²) in [5.74, 6) is 0.398. The van der Waals surface area contributed by atoms with Crippen molar-refractivity contribution in [2.75, 3.05) is 31.1 Å². The van der Waals surface area contributed by atoms with Crippen LogP contribution in [0.4, 0.5) is 10.3 Å². The second-order valence-corrected chi connectivity index (χ2v) is 8.28. The number of hydrogen-bond acceptors (Lipinski definition) is 5. The average Bonchev–Trinajstić information content (AvgIpc) is 3.14.